The maximum Gasteiger partial charge on any atom is 0.303 e. The van der Waals surface area contributed by atoms with Crippen molar-refractivity contribution in [3.63, 3.8) is 0 Å². The van der Waals surface area contributed by atoms with Gasteiger partial charge in [0, 0.05) is 101 Å². The Morgan fingerprint density at radius 2 is 1.47 bits per heavy atom. The van der Waals surface area contributed by atoms with Crippen LogP contribution in [0, 0.1) is 36.5 Å². The Kier molecular flexibility index (Phi) is 32.6. The first-order chi connectivity index (χ1) is 38.2. The molecule has 1 aromatic heterocycles. The van der Waals surface area contributed by atoms with Crippen LogP contribution >= 0.6 is 11.3 Å². The number of unbranched alkanes of at least 4 members (excludes halogenated alkanes) is 2. The highest BCUT2D eigenvalue weighted by Gasteiger charge is 2.40. The van der Waals surface area contributed by atoms with Crippen LogP contribution in [0.4, 0.5) is 0 Å². The molecule has 2 aromatic rings. The second-order valence-corrected chi connectivity index (χ2v) is 23.7. The Hall–Kier alpha value is -5.44. The van der Waals surface area contributed by atoms with Crippen molar-refractivity contribution >= 4 is 64.2 Å². The van der Waals surface area contributed by atoms with Gasteiger partial charge in [-0.05, 0) is 104 Å². The van der Waals surface area contributed by atoms with Crippen molar-refractivity contribution in [2.75, 3.05) is 61.2 Å². The smallest absolute Gasteiger partial charge is 0.303 e. The van der Waals surface area contributed by atoms with Gasteiger partial charge in [0.25, 0.3) is 5.91 Å². The predicted octanol–water partition coefficient (Wildman–Crippen LogP) is 7.55. The molecule has 5 amide bonds. The molecule has 0 aliphatic rings. The van der Waals surface area contributed by atoms with Crippen molar-refractivity contribution < 1.29 is 57.4 Å². The lowest BCUT2D eigenvalue weighted by Crippen LogP contribution is -2.51. The molecule has 2 rings (SSSR count). The number of aromatic nitrogens is 1. The highest BCUT2D eigenvalue weighted by molar-refractivity contribution is 7.09. The molecular formula is C61H99N7O12S. The SMILES string of the molecule is CCC(C)[C@H](CC(=O)C(C)(C)N(C)C)C(=O)N(CC)[C@H](C[C@@H](OC(C)=O)c1nc(C(=O)N[C@@H](Cc2ccc(C)cc2)CC(C)C(=O)CC(C)C(=O)NC(CCCCNC(=O)COCCOC)C(=O)CCCCC(=O)NC)cs1)C(C)C. The number of likely N-dealkylation sites (N-methyl/N-ethyl adjacent to an activating group) is 1. The third kappa shape index (κ3) is 25.3. The molecule has 0 aliphatic carbocycles. The van der Waals surface area contributed by atoms with Gasteiger partial charge in [0.2, 0.25) is 23.6 Å². The Bertz CT molecular complexity index is 2320. The largest absolute Gasteiger partial charge is 0.455 e. The molecule has 8 atom stereocenters. The molecule has 81 heavy (non-hydrogen) atoms. The molecule has 0 bridgehead atoms. The van der Waals surface area contributed by atoms with Gasteiger partial charge in [0.05, 0.1) is 24.8 Å². The van der Waals surface area contributed by atoms with Crippen LogP contribution in [0.3, 0.4) is 0 Å². The van der Waals surface area contributed by atoms with Crippen LogP contribution < -0.4 is 21.3 Å². The molecule has 1 aromatic carbocycles. The van der Waals surface area contributed by atoms with Gasteiger partial charge in [0.1, 0.15) is 23.1 Å². The Labute approximate surface area is 487 Å². The summed E-state index contributed by atoms with van der Waals surface area (Å²) in [5.74, 6) is -4.53. The molecule has 0 aliphatic heterocycles. The second-order valence-electron chi connectivity index (χ2n) is 22.8. The van der Waals surface area contributed by atoms with Gasteiger partial charge in [0.15, 0.2) is 17.7 Å². The first kappa shape index (κ1) is 71.7. The third-order valence-electron chi connectivity index (χ3n) is 15.5. The van der Waals surface area contributed by atoms with Gasteiger partial charge in [-0.1, -0.05) is 77.8 Å². The van der Waals surface area contributed by atoms with Crippen molar-refractivity contribution in [2.45, 2.75) is 189 Å². The minimum atomic E-state index is -0.898. The van der Waals surface area contributed by atoms with Gasteiger partial charge < -0.3 is 40.4 Å². The summed E-state index contributed by atoms with van der Waals surface area (Å²) < 4.78 is 16.1. The molecule has 19 nitrogen and oxygen atoms in total. The third-order valence-corrected chi connectivity index (χ3v) is 16.4. The quantitative estimate of drug-likeness (QED) is 0.0371. The van der Waals surface area contributed by atoms with E-state index in [2.05, 4.69) is 21.3 Å². The molecule has 0 fully saturated rings. The summed E-state index contributed by atoms with van der Waals surface area (Å²) in [6.45, 7) is 21.6. The molecule has 0 saturated heterocycles. The van der Waals surface area contributed by atoms with E-state index in [0.29, 0.717) is 76.3 Å². The number of thiazole rings is 1. The lowest BCUT2D eigenvalue weighted by atomic mass is 9.81. The van der Waals surface area contributed by atoms with Gasteiger partial charge in [-0.25, -0.2) is 4.98 Å². The zero-order chi connectivity index (χ0) is 61.0. The summed E-state index contributed by atoms with van der Waals surface area (Å²) in [5, 5.41) is 13.4. The minimum Gasteiger partial charge on any atom is -0.455 e. The van der Waals surface area contributed by atoms with E-state index in [1.54, 1.807) is 38.3 Å². The maximum absolute atomic E-state index is 14.7. The first-order valence-electron chi connectivity index (χ1n) is 29.1. The number of ketones is 3. The molecule has 1 heterocycles. The predicted molar refractivity (Wildman–Crippen MR) is 315 cm³/mol. The lowest BCUT2D eigenvalue weighted by molar-refractivity contribution is -0.150. The van der Waals surface area contributed by atoms with Crippen LogP contribution in [0.15, 0.2) is 29.6 Å². The molecular weight excluding hydrogens is 1050 g/mol. The van der Waals surface area contributed by atoms with Crippen molar-refractivity contribution in [3.05, 3.63) is 51.5 Å². The number of amides is 5. The number of benzene rings is 1. The first-order valence-corrected chi connectivity index (χ1v) is 30.0. The average molecular weight is 1150 g/mol. The zero-order valence-electron chi connectivity index (χ0n) is 51.5. The maximum atomic E-state index is 14.7. The normalized spacial score (nSPS) is 14.6. The van der Waals surface area contributed by atoms with Crippen molar-refractivity contribution in [2.24, 2.45) is 29.6 Å². The van der Waals surface area contributed by atoms with Crippen LogP contribution in [-0.4, -0.2) is 152 Å². The van der Waals surface area contributed by atoms with Crippen molar-refractivity contribution in [1.82, 2.24) is 36.1 Å². The van der Waals surface area contributed by atoms with Gasteiger partial charge in [-0.2, -0.15) is 0 Å². The number of nitrogens with one attached hydrogen (secondary N) is 4. The summed E-state index contributed by atoms with van der Waals surface area (Å²) in [4.78, 5) is 129. The van der Waals surface area contributed by atoms with E-state index < -0.39 is 65.3 Å². The lowest BCUT2D eigenvalue weighted by Gasteiger charge is -2.39. The number of carbonyl (C=O) groups is 9. The van der Waals surface area contributed by atoms with Crippen molar-refractivity contribution in [1.29, 1.82) is 0 Å². The standard InChI is InChI=1S/C61H99N7O12S/c1-16-41(6)47(35-54(72)61(10,11)67(13)14)60(77)68(17-2)50(39(3)4)36-53(80-44(9)69)59-66-49(38-81-59)58(76)64-46(34-45-27-25-40(5)26-28-45)32-42(7)52(71)33-43(8)57(75)65-48(51(70)23-18-19-24-55(73)62-12)22-20-21-29-63-56(74)37-79-31-30-78-15/h25-28,38-39,41-43,46-48,50,53H,16-24,29-37H2,1-15H3,(H,62,73)(H,63,74)(H,64,76)(H,65,75)/t41?,42?,43?,46-,47+,48?,50-,53-/m1/s1. The number of hydrogen-bond donors (Lipinski definition) is 4. The zero-order valence-corrected chi connectivity index (χ0v) is 52.3. The number of hydrogen-bond acceptors (Lipinski definition) is 15. The van der Waals surface area contributed by atoms with Gasteiger partial charge in [-0.15, -0.1) is 11.3 Å². The van der Waals surface area contributed by atoms with Crippen LogP contribution in [0.25, 0.3) is 0 Å². The number of aryl methyl sites for hydroxylation is 1. The summed E-state index contributed by atoms with van der Waals surface area (Å²) in [5.41, 5.74) is 1.31. The van der Waals surface area contributed by atoms with E-state index >= 15 is 0 Å². The fourth-order valence-corrected chi connectivity index (χ4v) is 10.2. The van der Waals surface area contributed by atoms with E-state index in [4.69, 9.17) is 19.2 Å². The summed E-state index contributed by atoms with van der Waals surface area (Å²) in [6.07, 6.45) is 3.38. The molecule has 0 saturated carbocycles. The van der Waals surface area contributed by atoms with E-state index in [1.807, 2.05) is 98.7 Å². The number of nitrogens with zero attached hydrogens (tertiary/aromatic N) is 3. The minimum absolute atomic E-state index is 0.0268. The molecule has 20 heteroatoms. The van der Waals surface area contributed by atoms with E-state index in [1.165, 1.54) is 18.3 Å². The fraction of sp³-hybridized carbons (Fsp3) is 0.705. The van der Waals surface area contributed by atoms with Crippen LogP contribution in [-0.2, 0) is 59.0 Å². The number of esters is 1. The highest BCUT2D eigenvalue weighted by Crippen LogP contribution is 2.34. The van der Waals surface area contributed by atoms with E-state index in [0.717, 1.165) is 11.1 Å². The number of methoxy groups -OCH3 is 1. The Morgan fingerprint density at radius 3 is 2.06 bits per heavy atom. The molecule has 0 radical (unpaired) electrons. The number of ether oxygens (including phenoxy) is 3. The molecule has 0 spiro atoms. The van der Waals surface area contributed by atoms with Crippen LogP contribution in [0.2, 0.25) is 0 Å². The van der Waals surface area contributed by atoms with Gasteiger partial charge in [-0.3, -0.25) is 48.1 Å². The molecule has 4 unspecified atom stereocenters. The second kappa shape index (κ2) is 36.9. The van der Waals surface area contributed by atoms with Crippen LogP contribution in [0.1, 0.15) is 179 Å². The van der Waals surface area contributed by atoms with E-state index in [-0.39, 0.29) is 97.7 Å². The summed E-state index contributed by atoms with van der Waals surface area (Å²) in [6, 6.07) is 6.10. The average Bonchev–Trinajstić information content (AvgIpc) is 4.00. The number of carbonyl (C=O) groups excluding carboxylic acids is 9. The summed E-state index contributed by atoms with van der Waals surface area (Å²) >= 11 is 1.17. The Morgan fingerprint density at radius 1 is 0.802 bits per heavy atom. The highest BCUT2D eigenvalue weighted by atomic mass is 32.1. The number of rotatable bonds is 41. The van der Waals surface area contributed by atoms with Crippen molar-refractivity contribution in [3.8, 4) is 0 Å². The van der Waals surface area contributed by atoms with Crippen LogP contribution in [0.5, 0.6) is 0 Å². The topological polar surface area (TPSA) is 249 Å². The molecule has 456 valence electrons. The number of Topliss-reactive ketones (excluding diaryl/α,β-unsaturated/α-hetero) is 3. The van der Waals surface area contributed by atoms with Gasteiger partial charge >= 0.3 is 5.97 Å². The fourth-order valence-electron chi connectivity index (χ4n) is 9.39. The Balaban J connectivity index is 2.32. The summed E-state index contributed by atoms with van der Waals surface area (Å²) in [7, 11) is 6.80. The monoisotopic (exact) mass is 1150 g/mol. The molecule has 4 N–H and O–H groups in total. The van der Waals surface area contributed by atoms with E-state index in [9.17, 15) is 43.2 Å².